The minimum atomic E-state index is 0.945. The van der Waals surface area contributed by atoms with Crippen LogP contribution in [0.1, 0.15) is 24.6 Å². The first-order chi connectivity index (χ1) is 8.79. The van der Waals surface area contributed by atoms with Crippen LogP contribution in [0.2, 0.25) is 0 Å². The van der Waals surface area contributed by atoms with Crippen molar-refractivity contribution >= 4 is 0 Å². The lowest BCUT2D eigenvalue weighted by Crippen LogP contribution is -2.13. The van der Waals surface area contributed by atoms with Gasteiger partial charge in [-0.1, -0.05) is 37.3 Å². The van der Waals surface area contributed by atoms with Crippen molar-refractivity contribution in [3.63, 3.8) is 0 Å². The molecule has 0 saturated heterocycles. The molecule has 0 bridgehead atoms. The van der Waals surface area contributed by atoms with E-state index in [1.54, 1.807) is 0 Å². The molecule has 1 N–H and O–H groups in total. The molecule has 2 nitrogen and oxygen atoms in total. The number of aryl methyl sites for hydroxylation is 1. The van der Waals surface area contributed by atoms with E-state index in [-0.39, 0.29) is 0 Å². The van der Waals surface area contributed by atoms with Gasteiger partial charge in [-0.25, -0.2) is 0 Å². The molecule has 0 amide bonds. The average molecular weight is 240 g/mol. The maximum atomic E-state index is 4.33. The molecule has 0 aliphatic rings. The Morgan fingerprint density at radius 3 is 2.33 bits per heavy atom. The van der Waals surface area contributed by atoms with Gasteiger partial charge in [0.2, 0.25) is 0 Å². The van der Waals surface area contributed by atoms with Gasteiger partial charge in [0, 0.05) is 24.0 Å². The number of nitrogens with zero attached hydrogens (tertiary/aromatic N) is 1. The Labute approximate surface area is 109 Å². The highest BCUT2D eigenvalue weighted by molar-refractivity contribution is 5.62. The smallest absolute Gasteiger partial charge is 0.0373 e. The molecule has 1 heterocycles. The van der Waals surface area contributed by atoms with Crippen molar-refractivity contribution in [3.8, 4) is 11.1 Å². The molecule has 94 valence electrons. The summed E-state index contributed by atoms with van der Waals surface area (Å²) in [6.45, 7) is 6.21. The van der Waals surface area contributed by atoms with Crippen molar-refractivity contribution in [1.29, 1.82) is 0 Å². The third kappa shape index (κ3) is 3.41. The van der Waals surface area contributed by atoms with Crippen molar-refractivity contribution in [2.24, 2.45) is 0 Å². The van der Waals surface area contributed by atoms with Crippen LogP contribution < -0.4 is 5.32 Å². The fourth-order valence-corrected chi connectivity index (χ4v) is 1.86. The molecule has 2 aromatic rings. The van der Waals surface area contributed by atoms with Gasteiger partial charge in [-0.2, -0.15) is 0 Å². The minimum Gasteiger partial charge on any atom is -0.313 e. The number of hydrogen-bond acceptors (Lipinski definition) is 2. The van der Waals surface area contributed by atoms with E-state index in [9.17, 15) is 0 Å². The molecule has 2 rings (SSSR count). The monoisotopic (exact) mass is 240 g/mol. The van der Waals surface area contributed by atoms with Crippen molar-refractivity contribution in [2.45, 2.75) is 26.8 Å². The normalized spacial score (nSPS) is 10.6. The van der Waals surface area contributed by atoms with Crippen LogP contribution in [-0.4, -0.2) is 11.5 Å². The van der Waals surface area contributed by atoms with Gasteiger partial charge in [-0.3, -0.25) is 4.98 Å². The summed E-state index contributed by atoms with van der Waals surface area (Å²) in [5.74, 6) is 0. The molecule has 0 aliphatic carbocycles. The van der Waals surface area contributed by atoms with E-state index in [0.29, 0.717) is 0 Å². The number of rotatable bonds is 5. The van der Waals surface area contributed by atoms with E-state index >= 15 is 0 Å². The second-order valence-corrected chi connectivity index (χ2v) is 4.56. The Balaban J connectivity index is 2.05. The molecule has 2 heteroatoms. The molecule has 0 spiro atoms. The fraction of sp³-hybridized carbons (Fsp3) is 0.312. The SMILES string of the molecule is CCCNCc1ccc(-c2ccc(C)nc2)cc1. The van der Waals surface area contributed by atoms with E-state index in [2.05, 4.69) is 47.6 Å². The molecule has 1 aromatic carbocycles. The van der Waals surface area contributed by atoms with Gasteiger partial charge in [0.1, 0.15) is 0 Å². The second-order valence-electron chi connectivity index (χ2n) is 4.56. The van der Waals surface area contributed by atoms with Crippen LogP contribution >= 0.6 is 0 Å². The van der Waals surface area contributed by atoms with Gasteiger partial charge in [0.25, 0.3) is 0 Å². The summed E-state index contributed by atoms with van der Waals surface area (Å²) in [4.78, 5) is 4.33. The summed E-state index contributed by atoms with van der Waals surface area (Å²) < 4.78 is 0. The first-order valence-corrected chi connectivity index (χ1v) is 6.52. The molecule has 0 radical (unpaired) electrons. The Morgan fingerprint density at radius 1 is 1.00 bits per heavy atom. The fourth-order valence-electron chi connectivity index (χ4n) is 1.86. The summed E-state index contributed by atoms with van der Waals surface area (Å²) in [5.41, 5.74) is 4.78. The highest BCUT2D eigenvalue weighted by Crippen LogP contribution is 2.18. The van der Waals surface area contributed by atoms with Gasteiger partial charge in [0.15, 0.2) is 0 Å². The average Bonchev–Trinajstić information content (AvgIpc) is 2.41. The van der Waals surface area contributed by atoms with Crippen molar-refractivity contribution in [2.75, 3.05) is 6.54 Å². The molecule has 0 atom stereocenters. The molecule has 0 unspecified atom stereocenters. The summed E-state index contributed by atoms with van der Waals surface area (Å²) in [5, 5.41) is 3.41. The number of hydrogen-bond donors (Lipinski definition) is 1. The van der Waals surface area contributed by atoms with Crippen molar-refractivity contribution in [3.05, 3.63) is 53.9 Å². The second kappa shape index (κ2) is 6.31. The standard InChI is InChI=1S/C16H20N2/c1-3-10-17-11-14-5-8-15(9-6-14)16-7-4-13(2)18-12-16/h4-9,12,17H,3,10-11H2,1-2H3. The molecule has 18 heavy (non-hydrogen) atoms. The Kier molecular flexibility index (Phi) is 4.48. The maximum Gasteiger partial charge on any atom is 0.0373 e. The number of benzene rings is 1. The first-order valence-electron chi connectivity index (χ1n) is 6.52. The molecule has 0 saturated carbocycles. The largest absolute Gasteiger partial charge is 0.313 e. The highest BCUT2D eigenvalue weighted by Gasteiger charge is 1.98. The van der Waals surface area contributed by atoms with Gasteiger partial charge >= 0.3 is 0 Å². The van der Waals surface area contributed by atoms with E-state index in [1.165, 1.54) is 23.1 Å². The van der Waals surface area contributed by atoms with Gasteiger partial charge in [-0.15, -0.1) is 0 Å². The third-order valence-electron chi connectivity index (χ3n) is 2.95. The Bertz CT molecular complexity index is 471. The molecular weight excluding hydrogens is 220 g/mol. The van der Waals surface area contributed by atoms with E-state index in [4.69, 9.17) is 0 Å². The summed E-state index contributed by atoms with van der Waals surface area (Å²) in [6, 6.07) is 12.8. The van der Waals surface area contributed by atoms with Crippen molar-refractivity contribution < 1.29 is 0 Å². The topological polar surface area (TPSA) is 24.9 Å². The Morgan fingerprint density at radius 2 is 1.72 bits per heavy atom. The van der Waals surface area contributed by atoms with E-state index < -0.39 is 0 Å². The lowest BCUT2D eigenvalue weighted by atomic mass is 10.1. The highest BCUT2D eigenvalue weighted by atomic mass is 14.8. The summed E-state index contributed by atoms with van der Waals surface area (Å²) in [6.07, 6.45) is 3.10. The zero-order valence-electron chi connectivity index (χ0n) is 11.1. The minimum absolute atomic E-state index is 0.945. The predicted molar refractivity (Wildman–Crippen MR) is 76.4 cm³/mol. The third-order valence-corrected chi connectivity index (χ3v) is 2.95. The van der Waals surface area contributed by atoms with Crippen LogP contribution in [0.4, 0.5) is 0 Å². The molecule has 0 fully saturated rings. The molecular formula is C16H20N2. The lowest BCUT2D eigenvalue weighted by molar-refractivity contribution is 0.675. The lowest BCUT2D eigenvalue weighted by Gasteiger charge is -2.05. The van der Waals surface area contributed by atoms with Gasteiger partial charge in [-0.05, 0) is 37.1 Å². The number of aromatic nitrogens is 1. The molecule has 0 aliphatic heterocycles. The quantitative estimate of drug-likeness (QED) is 0.808. The van der Waals surface area contributed by atoms with Gasteiger partial charge < -0.3 is 5.32 Å². The zero-order chi connectivity index (χ0) is 12.8. The number of nitrogens with one attached hydrogen (secondary N) is 1. The van der Waals surface area contributed by atoms with E-state index in [0.717, 1.165) is 18.8 Å². The van der Waals surface area contributed by atoms with Crippen LogP contribution in [0.25, 0.3) is 11.1 Å². The van der Waals surface area contributed by atoms with Crippen LogP contribution in [0.5, 0.6) is 0 Å². The zero-order valence-corrected chi connectivity index (χ0v) is 11.1. The number of pyridine rings is 1. The summed E-state index contributed by atoms with van der Waals surface area (Å²) >= 11 is 0. The van der Waals surface area contributed by atoms with Crippen LogP contribution in [0, 0.1) is 6.92 Å². The molecule has 1 aromatic heterocycles. The maximum absolute atomic E-state index is 4.33. The first kappa shape index (κ1) is 12.8. The van der Waals surface area contributed by atoms with Crippen molar-refractivity contribution in [1.82, 2.24) is 10.3 Å². The van der Waals surface area contributed by atoms with Crippen LogP contribution in [0.15, 0.2) is 42.6 Å². The predicted octanol–water partition coefficient (Wildman–Crippen LogP) is 3.56. The van der Waals surface area contributed by atoms with Crippen LogP contribution in [0.3, 0.4) is 0 Å². The van der Waals surface area contributed by atoms with Gasteiger partial charge in [0.05, 0.1) is 0 Å². The van der Waals surface area contributed by atoms with Crippen LogP contribution in [-0.2, 0) is 6.54 Å². The summed E-state index contributed by atoms with van der Waals surface area (Å²) in [7, 11) is 0. The Hall–Kier alpha value is -1.67. The van der Waals surface area contributed by atoms with E-state index in [1.807, 2.05) is 19.2 Å².